The van der Waals surface area contributed by atoms with Crippen molar-refractivity contribution in [3.8, 4) is 0 Å². The van der Waals surface area contributed by atoms with Gasteiger partial charge in [0.1, 0.15) is 0 Å². The van der Waals surface area contributed by atoms with E-state index in [1.165, 1.54) is 19.3 Å². The summed E-state index contributed by atoms with van der Waals surface area (Å²) < 4.78 is 4.99. The highest BCUT2D eigenvalue weighted by atomic mass is 16.5. The van der Waals surface area contributed by atoms with Gasteiger partial charge in [0.25, 0.3) is 0 Å². The first-order valence-corrected chi connectivity index (χ1v) is 9.66. The van der Waals surface area contributed by atoms with E-state index in [-0.39, 0.29) is 11.3 Å². The van der Waals surface area contributed by atoms with Crippen LogP contribution in [0.3, 0.4) is 0 Å². The SMILES string of the molecule is COCCC(=O)N1CCN(C(=O)C23CC4CC(CC(C4)C2)C3)CC1. The van der Waals surface area contributed by atoms with Crippen LogP contribution in [0, 0.1) is 23.2 Å². The van der Waals surface area contributed by atoms with Crippen LogP contribution in [0.4, 0.5) is 0 Å². The number of ether oxygens (including phenoxy) is 1. The molecule has 1 heterocycles. The number of carbonyl (C=O) groups excluding carboxylic acids is 2. The minimum atomic E-state index is -0.0447. The summed E-state index contributed by atoms with van der Waals surface area (Å²) in [5.41, 5.74) is -0.0447. The second kappa shape index (κ2) is 6.32. The number of rotatable bonds is 4. The maximum absolute atomic E-state index is 13.3. The Labute approximate surface area is 144 Å². The summed E-state index contributed by atoms with van der Waals surface area (Å²) in [7, 11) is 1.62. The molecule has 4 aliphatic carbocycles. The van der Waals surface area contributed by atoms with Gasteiger partial charge in [-0.3, -0.25) is 9.59 Å². The molecule has 5 nitrogen and oxygen atoms in total. The summed E-state index contributed by atoms with van der Waals surface area (Å²) in [6.45, 7) is 3.26. The quantitative estimate of drug-likeness (QED) is 0.789. The van der Waals surface area contributed by atoms with Crippen LogP contribution >= 0.6 is 0 Å². The molecule has 0 aromatic rings. The van der Waals surface area contributed by atoms with Crippen LogP contribution in [-0.2, 0) is 14.3 Å². The van der Waals surface area contributed by atoms with Crippen molar-refractivity contribution in [1.29, 1.82) is 0 Å². The molecule has 1 saturated heterocycles. The number of carbonyl (C=O) groups is 2. The Bertz CT molecular complexity index is 475. The molecule has 0 radical (unpaired) electrons. The Morgan fingerprint density at radius 1 is 0.917 bits per heavy atom. The molecule has 24 heavy (non-hydrogen) atoms. The first kappa shape index (κ1) is 16.4. The molecule has 0 N–H and O–H groups in total. The van der Waals surface area contributed by atoms with Crippen molar-refractivity contribution >= 4 is 11.8 Å². The minimum absolute atomic E-state index is 0.0447. The number of piperazine rings is 1. The van der Waals surface area contributed by atoms with E-state index >= 15 is 0 Å². The molecule has 5 rings (SSSR count). The second-order valence-corrected chi connectivity index (χ2v) is 8.61. The highest BCUT2D eigenvalue weighted by molar-refractivity contribution is 5.84. The number of methoxy groups -OCH3 is 1. The summed E-state index contributed by atoms with van der Waals surface area (Å²) in [6.07, 6.45) is 7.94. The fourth-order valence-corrected chi connectivity index (χ4v) is 6.21. The lowest BCUT2D eigenvalue weighted by atomic mass is 9.49. The smallest absolute Gasteiger partial charge is 0.228 e. The Morgan fingerprint density at radius 2 is 1.42 bits per heavy atom. The average Bonchev–Trinajstić information content (AvgIpc) is 2.58. The fourth-order valence-electron chi connectivity index (χ4n) is 6.21. The molecule has 0 aromatic carbocycles. The van der Waals surface area contributed by atoms with Crippen molar-refractivity contribution in [3.63, 3.8) is 0 Å². The molecule has 5 heteroatoms. The Kier molecular flexibility index (Phi) is 4.31. The van der Waals surface area contributed by atoms with E-state index in [4.69, 9.17) is 4.74 Å². The maximum atomic E-state index is 13.3. The average molecular weight is 334 g/mol. The third kappa shape index (κ3) is 2.85. The van der Waals surface area contributed by atoms with E-state index in [0.717, 1.165) is 37.0 Å². The van der Waals surface area contributed by atoms with Crippen molar-refractivity contribution in [1.82, 2.24) is 9.80 Å². The number of nitrogens with zero attached hydrogens (tertiary/aromatic N) is 2. The van der Waals surface area contributed by atoms with Gasteiger partial charge < -0.3 is 14.5 Å². The summed E-state index contributed by atoms with van der Waals surface area (Å²) >= 11 is 0. The molecule has 0 atom stereocenters. The van der Waals surface area contributed by atoms with Crippen LogP contribution in [0.5, 0.6) is 0 Å². The van der Waals surface area contributed by atoms with E-state index in [1.54, 1.807) is 7.11 Å². The van der Waals surface area contributed by atoms with Gasteiger partial charge in [-0.2, -0.15) is 0 Å². The molecule has 5 aliphatic rings. The fraction of sp³-hybridized carbons (Fsp3) is 0.895. The largest absolute Gasteiger partial charge is 0.384 e. The molecular weight excluding hydrogens is 304 g/mol. The lowest BCUT2D eigenvalue weighted by Crippen LogP contribution is -2.58. The predicted octanol–water partition coefficient (Wildman–Crippen LogP) is 1.91. The van der Waals surface area contributed by atoms with Crippen molar-refractivity contribution in [3.05, 3.63) is 0 Å². The number of hydrogen-bond donors (Lipinski definition) is 0. The van der Waals surface area contributed by atoms with Gasteiger partial charge in [0.2, 0.25) is 11.8 Å². The van der Waals surface area contributed by atoms with Gasteiger partial charge in [-0.1, -0.05) is 0 Å². The molecule has 4 saturated carbocycles. The topological polar surface area (TPSA) is 49.9 Å². The summed E-state index contributed by atoms with van der Waals surface area (Å²) in [6, 6.07) is 0. The maximum Gasteiger partial charge on any atom is 0.228 e. The zero-order valence-corrected chi connectivity index (χ0v) is 14.8. The molecule has 2 amide bonds. The van der Waals surface area contributed by atoms with Crippen LogP contribution in [0.2, 0.25) is 0 Å². The number of amides is 2. The van der Waals surface area contributed by atoms with Gasteiger partial charge in [0.15, 0.2) is 0 Å². The molecule has 1 aliphatic heterocycles. The van der Waals surface area contributed by atoms with Gasteiger partial charge in [-0.15, -0.1) is 0 Å². The molecule has 0 aromatic heterocycles. The highest BCUT2D eigenvalue weighted by Crippen LogP contribution is 2.60. The monoisotopic (exact) mass is 334 g/mol. The first-order chi connectivity index (χ1) is 11.6. The molecule has 4 bridgehead atoms. The highest BCUT2D eigenvalue weighted by Gasteiger charge is 2.55. The third-order valence-electron chi connectivity index (χ3n) is 6.93. The zero-order chi connectivity index (χ0) is 16.7. The number of hydrogen-bond acceptors (Lipinski definition) is 3. The van der Waals surface area contributed by atoms with E-state index in [9.17, 15) is 9.59 Å². The minimum Gasteiger partial charge on any atom is -0.384 e. The summed E-state index contributed by atoms with van der Waals surface area (Å²) in [5.74, 6) is 2.97. The Morgan fingerprint density at radius 3 is 1.92 bits per heavy atom. The molecular formula is C19H30N2O3. The van der Waals surface area contributed by atoms with Crippen molar-refractivity contribution < 1.29 is 14.3 Å². The van der Waals surface area contributed by atoms with Gasteiger partial charge >= 0.3 is 0 Å². The second-order valence-electron chi connectivity index (χ2n) is 8.61. The van der Waals surface area contributed by atoms with E-state index in [1.807, 2.05) is 4.90 Å². The van der Waals surface area contributed by atoms with Gasteiger partial charge in [-0.05, 0) is 56.3 Å². The van der Waals surface area contributed by atoms with Crippen LogP contribution in [-0.4, -0.2) is 61.5 Å². The van der Waals surface area contributed by atoms with E-state index in [2.05, 4.69) is 4.90 Å². The van der Waals surface area contributed by atoms with Crippen LogP contribution in [0.15, 0.2) is 0 Å². The Hall–Kier alpha value is -1.10. The normalized spacial score (nSPS) is 37.8. The lowest BCUT2D eigenvalue weighted by Gasteiger charge is -2.57. The van der Waals surface area contributed by atoms with E-state index < -0.39 is 0 Å². The third-order valence-corrected chi connectivity index (χ3v) is 6.93. The standard InChI is InChI=1S/C19H30N2O3/c1-24-7-2-17(22)20-3-5-21(6-4-20)18(23)19-11-14-8-15(12-19)10-16(9-14)13-19/h14-16H,2-13H2,1H3. The Balaban J connectivity index is 1.36. The molecule has 134 valence electrons. The molecule has 0 unspecified atom stereocenters. The van der Waals surface area contributed by atoms with Crippen LogP contribution < -0.4 is 0 Å². The summed E-state index contributed by atoms with van der Waals surface area (Å²) in [4.78, 5) is 29.4. The van der Waals surface area contributed by atoms with Crippen LogP contribution in [0.25, 0.3) is 0 Å². The summed E-state index contributed by atoms with van der Waals surface area (Å²) in [5, 5.41) is 0. The predicted molar refractivity (Wildman–Crippen MR) is 90.3 cm³/mol. The van der Waals surface area contributed by atoms with Gasteiger partial charge in [0.05, 0.1) is 18.4 Å². The van der Waals surface area contributed by atoms with Crippen molar-refractivity contribution in [2.24, 2.45) is 23.2 Å². The van der Waals surface area contributed by atoms with Crippen molar-refractivity contribution in [2.75, 3.05) is 39.9 Å². The molecule has 0 spiro atoms. The van der Waals surface area contributed by atoms with Gasteiger partial charge in [-0.25, -0.2) is 0 Å². The lowest BCUT2D eigenvalue weighted by molar-refractivity contribution is -0.160. The molecule has 5 fully saturated rings. The van der Waals surface area contributed by atoms with Crippen LogP contribution in [0.1, 0.15) is 44.9 Å². The van der Waals surface area contributed by atoms with Crippen molar-refractivity contribution in [2.45, 2.75) is 44.9 Å². The van der Waals surface area contributed by atoms with Gasteiger partial charge in [0, 0.05) is 33.3 Å². The van der Waals surface area contributed by atoms with E-state index in [0.29, 0.717) is 45.1 Å². The first-order valence-electron chi connectivity index (χ1n) is 9.66. The zero-order valence-electron chi connectivity index (χ0n) is 14.8.